The molecule has 1 aliphatic heterocycles. The molecule has 2 rings (SSSR count). The lowest BCUT2D eigenvalue weighted by molar-refractivity contribution is 0.127. The van der Waals surface area contributed by atoms with E-state index >= 15 is 0 Å². The minimum atomic E-state index is 0.785. The van der Waals surface area contributed by atoms with E-state index in [1.54, 1.807) is 0 Å². The molecule has 2 heteroatoms. The van der Waals surface area contributed by atoms with Gasteiger partial charge in [0.2, 0.25) is 0 Å². The Morgan fingerprint density at radius 1 is 1.15 bits per heavy atom. The minimum absolute atomic E-state index is 0.785. The zero-order chi connectivity index (χ0) is 14.2. The Balaban J connectivity index is 1.76. The van der Waals surface area contributed by atoms with E-state index in [0.717, 1.165) is 17.9 Å². The van der Waals surface area contributed by atoms with Gasteiger partial charge in [-0.25, -0.2) is 0 Å². The second-order valence-electron chi connectivity index (χ2n) is 7.13. The fourth-order valence-corrected chi connectivity index (χ4v) is 4.14. The SMILES string of the molecule is CCCCC(CC)CN1CCNC(C2CCCCC2)C1. The van der Waals surface area contributed by atoms with Crippen molar-refractivity contribution >= 4 is 0 Å². The summed E-state index contributed by atoms with van der Waals surface area (Å²) in [6.45, 7) is 9.84. The van der Waals surface area contributed by atoms with Gasteiger partial charge in [-0.1, -0.05) is 52.4 Å². The summed E-state index contributed by atoms with van der Waals surface area (Å²) in [4.78, 5) is 2.76. The van der Waals surface area contributed by atoms with Crippen LogP contribution in [0.5, 0.6) is 0 Å². The van der Waals surface area contributed by atoms with Crippen molar-refractivity contribution in [3.8, 4) is 0 Å². The fourth-order valence-electron chi connectivity index (χ4n) is 4.14. The molecule has 0 aromatic carbocycles. The Kier molecular flexibility index (Phi) is 7.37. The Labute approximate surface area is 126 Å². The molecule has 0 spiro atoms. The Morgan fingerprint density at radius 3 is 2.65 bits per heavy atom. The van der Waals surface area contributed by atoms with Crippen molar-refractivity contribution in [2.24, 2.45) is 11.8 Å². The molecule has 0 bridgehead atoms. The maximum Gasteiger partial charge on any atom is 0.0223 e. The molecule has 20 heavy (non-hydrogen) atoms. The largest absolute Gasteiger partial charge is 0.311 e. The van der Waals surface area contributed by atoms with Crippen LogP contribution >= 0.6 is 0 Å². The highest BCUT2D eigenvalue weighted by Gasteiger charge is 2.28. The number of piperazine rings is 1. The number of nitrogens with zero attached hydrogens (tertiary/aromatic N) is 1. The van der Waals surface area contributed by atoms with Gasteiger partial charge in [0, 0.05) is 32.2 Å². The molecule has 118 valence electrons. The van der Waals surface area contributed by atoms with E-state index in [-0.39, 0.29) is 0 Å². The lowest BCUT2D eigenvalue weighted by Crippen LogP contribution is -2.54. The summed E-state index contributed by atoms with van der Waals surface area (Å²) in [7, 11) is 0. The molecule has 2 nitrogen and oxygen atoms in total. The van der Waals surface area contributed by atoms with Crippen LogP contribution in [-0.2, 0) is 0 Å². The quantitative estimate of drug-likeness (QED) is 0.756. The highest BCUT2D eigenvalue weighted by atomic mass is 15.2. The van der Waals surface area contributed by atoms with Crippen LogP contribution in [0.4, 0.5) is 0 Å². The Hall–Kier alpha value is -0.0800. The third-order valence-electron chi connectivity index (χ3n) is 5.57. The second kappa shape index (κ2) is 9.04. The first kappa shape index (κ1) is 16.3. The van der Waals surface area contributed by atoms with Crippen LogP contribution in [0.2, 0.25) is 0 Å². The molecule has 0 radical (unpaired) electrons. The molecule has 2 atom stereocenters. The summed E-state index contributed by atoms with van der Waals surface area (Å²) in [6.07, 6.45) is 12.9. The molecule has 1 N–H and O–H groups in total. The van der Waals surface area contributed by atoms with Crippen molar-refractivity contribution in [2.75, 3.05) is 26.2 Å². The zero-order valence-electron chi connectivity index (χ0n) is 13.9. The summed E-state index contributed by atoms with van der Waals surface area (Å²) in [5.74, 6) is 1.89. The molecule has 0 aromatic rings. The molecule has 2 aliphatic rings. The molecule has 1 aliphatic carbocycles. The molecule has 2 fully saturated rings. The van der Waals surface area contributed by atoms with Crippen LogP contribution in [-0.4, -0.2) is 37.1 Å². The summed E-state index contributed by atoms with van der Waals surface area (Å²) < 4.78 is 0. The molecule has 1 saturated carbocycles. The standard InChI is InChI=1S/C18H36N2/c1-3-5-9-16(4-2)14-20-13-12-19-18(15-20)17-10-7-6-8-11-17/h16-19H,3-15H2,1-2H3. The van der Waals surface area contributed by atoms with E-state index in [4.69, 9.17) is 0 Å². The Bertz CT molecular complexity index is 248. The predicted molar refractivity (Wildman–Crippen MR) is 88.1 cm³/mol. The highest BCUT2D eigenvalue weighted by Crippen LogP contribution is 2.28. The van der Waals surface area contributed by atoms with E-state index in [2.05, 4.69) is 24.1 Å². The first-order chi connectivity index (χ1) is 9.83. The summed E-state index contributed by atoms with van der Waals surface area (Å²) in [5, 5.41) is 3.81. The monoisotopic (exact) mass is 280 g/mol. The lowest BCUT2D eigenvalue weighted by atomic mass is 9.83. The molecule has 1 saturated heterocycles. The van der Waals surface area contributed by atoms with E-state index in [1.807, 2.05) is 0 Å². The van der Waals surface area contributed by atoms with Gasteiger partial charge >= 0.3 is 0 Å². The number of nitrogens with one attached hydrogen (secondary N) is 1. The van der Waals surface area contributed by atoms with Crippen LogP contribution in [0, 0.1) is 11.8 Å². The maximum absolute atomic E-state index is 3.81. The van der Waals surface area contributed by atoms with E-state index in [0.29, 0.717) is 0 Å². The number of rotatable bonds is 7. The van der Waals surface area contributed by atoms with E-state index in [9.17, 15) is 0 Å². The molecule has 2 unspecified atom stereocenters. The van der Waals surface area contributed by atoms with Crippen molar-refractivity contribution in [2.45, 2.75) is 77.7 Å². The summed E-state index contributed by atoms with van der Waals surface area (Å²) in [5.41, 5.74) is 0. The van der Waals surface area contributed by atoms with Crippen LogP contribution < -0.4 is 5.32 Å². The zero-order valence-corrected chi connectivity index (χ0v) is 13.9. The van der Waals surface area contributed by atoms with E-state index < -0.39 is 0 Å². The van der Waals surface area contributed by atoms with Gasteiger partial charge in [0.15, 0.2) is 0 Å². The third-order valence-corrected chi connectivity index (χ3v) is 5.57. The minimum Gasteiger partial charge on any atom is -0.311 e. The van der Waals surface area contributed by atoms with E-state index in [1.165, 1.54) is 84.0 Å². The van der Waals surface area contributed by atoms with Crippen molar-refractivity contribution in [1.29, 1.82) is 0 Å². The number of unbranched alkanes of at least 4 members (excludes halogenated alkanes) is 1. The van der Waals surface area contributed by atoms with Gasteiger partial charge in [0.25, 0.3) is 0 Å². The molecular weight excluding hydrogens is 244 g/mol. The average Bonchev–Trinajstić information content (AvgIpc) is 2.52. The van der Waals surface area contributed by atoms with Gasteiger partial charge in [0.05, 0.1) is 0 Å². The van der Waals surface area contributed by atoms with Gasteiger partial charge in [-0.05, 0) is 31.1 Å². The number of hydrogen-bond donors (Lipinski definition) is 1. The average molecular weight is 280 g/mol. The summed E-state index contributed by atoms with van der Waals surface area (Å²) in [6, 6.07) is 0.785. The first-order valence-corrected chi connectivity index (χ1v) is 9.29. The van der Waals surface area contributed by atoms with Crippen LogP contribution in [0.1, 0.15) is 71.6 Å². The van der Waals surface area contributed by atoms with Gasteiger partial charge < -0.3 is 10.2 Å². The summed E-state index contributed by atoms with van der Waals surface area (Å²) >= 11 is 0. The van der Waals surface area contributed by atoms with Crippen LogP contribution in [0.3, 0.4) is 0 Å². The molecular formula is C18H36N2. The predicted octanol–water partition coefficient (Wildman–Crippen LogP) is 4.06. The normalized spacial score (nSPS) is 27.6. The van der Waals surface area contributed by atoms with Crippen LogP contribution in [0.25, 0.3) is 0 Å². The number of hydrogen-bond acceptors (Lipinski definition) is 2. The van der Waals surface area contributed by atoms with Gasteiger partial charge in [0.1, 0.15) is 0 Å². The van der Waals surface area contributed by atoms with Crippen molar-refractivity contribution in [3.05, 3.63) is 0 Å². The van der Waals surface area contributed by atoms with Crippen molar-refractivity contribution in [1.82, 2.24) is 10.2 Å². The Morgan fingerprint density at radius 2 is 1.95 bits per heavy atom. The van der Waals surface area contributed by atoms with Gasteiger partial charge in [-0.15, -0.1) is 0 Å². The third kappa shape index (κ3) is 5.04. The molecule has 0 amide bonds. The maximum atomic E-state index is 3.81. The second-order valence-corrected chi connectivity index (χ2v) is 7.13. The molecule has 0 aromatic heterocycles. The molecule has 1 heterocycles. The fraction of sp³-hybridized carbons (Fsp3) is 1.00. The lowest BCUT2D eigenvalue weighted by Gasteiger charge is -2.40. The smallest absolute Gasteiger partial charge is 0.0223 e. The topological polar surface area (TPSA) is 15.3 Å². The van der Waals surface area contributed by atoms with Gasteiger partial charge in [-0.2, -0.15) is 0 Å². The van der Waals surface area contributed by atoms with Gasteiger partial charge in [-0.3, -0.25) is 0 Å². The highest BCUT2D eigenvalue weighted by molar-refractivity contribution is 4.86. The first-order valence-electron chi connectivity index (χ1n) is 9.29. The van der Waals surface area contributed by atoms with Crippen molar-refractivity contribution in [3.63, 3.8) is 0 Å². The van der Waals surface area contributed by atoms with Crippen LogP contribution in [0.15, 0.2) is 0 Å². The van der Waals surface area contributed by atoms with Crippen molar-refractivity contribution < 1.29 is 0 Å².